The number of hydrogen-bond donors (Lipinski definition) is 1. The monoisotopic (exact) mass is 299 g/mol. The van der Waals surface area contributed by atoms with Crippen LogP contribution in [0, 0.1) is 6.92 Å². The smallest absolute Gasteiger partial charge is 0.104 e. The largest absolute Gasteiger partial charge is 0.392 e. The minimum Gasteiger partial charge on any atom is -0.392 e. The average Bonchev–Trinajstić information content (AvgIpc) is 2.36. The summed E-state index contributed by atoms with van der Waals surface area (Å²) in [5, 5.41) is 11.0. The Morgan fingerprint density at radius 2 is 2.00 bits per heavy atom. The molecule has 0 aliphatic heterocycles. The molecule has 1 N–H and O–H groups in total. The van der Waals surface area contributed by atoms with Crippen LogP contribution in [-0.2, 0) is 6.61 Å². The van der Waals surface area contributed by atoms with Gasteiger partial charge in [0.15, 0.2) is 0 Å². The Bertz CT molecular complexity index is 575. The van der Waals surface area contributed by atoms with E-state index >= 15 is 0 Å². The van der Waals surface area contributed by atoms with Crippen LogP contribution in [0.4, 0.5) is 0 Å². The van der Waals surface area contributed by atoms with Crippen LogP contribution in [0.2, 0.25) is 10.0 Å². The highest BCUT2D eigenvalue weighted by Crippen LogP contribution is 2.33. The summed E-state index contributed by atoms with van der Waals surface area (Å²) >= 11 is 13.4. The average molecular weight is 300 g/mol. The summed E-state index contributed by atoms with van der Waals surface area (Å²) in [5.74, 6) is 0. The van der Waals surface area contributed by atoms with Crippen molar-refractivity contribution in [1.82, 2.24) is 4.98 Å². The Balaban J connectivity index is 2.25. The van der Waals surface area contributed by atoms with Crippen molar-refractivity contribution in [2.75, 3.05) is 0 Å². The first kappa shape index (κ1) is 13.7. The SMILES string of the molecule is Cc1cc(CO)cnc1Sc1ccc(Cl)c(Cl)c1. The molecule has 1 heterocycles. The van der Waals surface area contributed by atoms with Gasteiger partial charge in [-0.25, -0.2) is 4.98 Å². The van der Waals surface area contributed by atoms with Crippen molar-refractivity contribution >= 4 is 35.0 Å². The number of nitrogens with zero attached hydrogens (tertiary/aromatic N) is 1. The molecule has 94 valence electrons. The molecule has 0 atom stereocenters. The van der Waals surface area contributed by atoms with Crippen LogP contribution in [0.3, 0.4) is 0 Å². The number of aliphatic hydroxyl groups is 1. The second-order valence-corrected chi connectivity index (χ2v) is 5.68. The zero-order valence-corrected chi connectivity index (χ0v) is 12.0. The molecule has 0 saturated carbocycles. The van der Waals surface area contributed by atoms with Crippen molar-refractivity contribution in [3.05, 3.63) is 51.6 Å². The highest BCUT2D eigenvalue weighted by Gasteiger charge is 2.06. The number of aliphatic hydroxyl groups excluding tert-OH is 1. The molecule has 2 rings (SSSR count). The molecule has 2 aromatic rings. The number of aromatic nitrogens is 1. The second kappa shape index (κ2) is 5.93. The van der Waals surface area contributed by atoms with Gasteiger partial charge in [-0.2, -0.15) is 0 Å². The summed E-state index contributed by atoms with van der Waals surface area (Å²) in [5.41, 5.74) is 1.84. The first-order valence-corrected chi connectivity index (χ1v) is 6.86. The molecular weight excluding hydrogens is 289 g/mol. The molecule has 1 aromatic heterocycles. The fourth-order valence-corrected chi connectivity index (χ4v) is 2.69. The molecular formula is C13H11Cl2NOS. The molecule has 5 heteroatoms. The van der Waals surface area contributed by atoms with Crippen LogP contribution in [0.5, 0.6) is 0 Å². The fourth-order valence-electron chi connectivity index (χ4n) is 1.47. The molecule has 0 bridgehead atoms. The van der Waals surface area contributed by atoms with Gasteiger partial charge in [0, 0.05) is 11.1 Å². The molecule has 0 aliphatic rings. The van der Waals surface area contributed by atoms with Crippen molar-refractivity contribution in [3.63, 3.8) is 0 Å². The van der Waals surface area contributed by atoms with E-state index in [0.29, 0.717) is 10.0 Å². The standard InChI is InChI=1S/C13H11Cl2NOS/c1-8-4-9(7-17)6-16-13(8)18-10-2-3-11(14)12(15)5-10/h2-6,17H,7H2,1H3. The molecule has 0 fully saturated rings. The van der Waals surface area contributed by atoms with Gasteiger partial charge in [0.25, 0.3) is 0 Å². The molecule has 0 amide bonds. The minimum atomic E-state index is 0.00552. The summed E-state index contributed by atoms with van der Waals surface area (Å²) in [4.78, 5) is 5.31. The summed E-state index contributed by atoms with van der Waals surface area (Å²) in [6.45, 7) is 1.97. The molecule has 0 aliphatic carbocycles. The molecule has 1 aromatic carbocycles. The highest BCUT2D eigenvalue weighted by atomic mass is 35.5. The third-order valence-electron chi connectivity index (χ3n) is 2.38. The van der Waals surface area contributed by atoms with Gasteiger partial charge in [-0.15, -0.1) is 0 Å². The second-order valence-electron chi connectivity index (χ2n) is 3.80. The lowest BCUT2D eigenvalue weighted by molar-refractivity contribution is 0.281. The molecule has 2 nitrogen and oxygen atoms in total. The Morgan fingerprint density at radius 3 is 2.61 bits per heavy atom. The Hall–Kier alpha value is -0.740. The van der Waals surface area contributed by atoms with Gasteiger partial charge in [-0.1, -0.05) is 35.0 Å². The summed E-state index contributed by atoms with van der Waals surface area (Å²) < 4.78 is 0. The van der Waals surface area contributed by atoms with E-state index in [1.165, 1.54) is 11.8 Å². The lowest BCUT2D eigenvalue weighted by Gasteiger charge is -2.06. The minimum absolute atomic E-state index is 0.00552. The molecule has 0 radical (unpaired) electrons. The zero-order valence-electron chi connectivity index (χ0n) is 9.65. The van der Waals surface area contributed by atoms with E-state index in [2.05, 4.69) is 4.98 Å². The number of aryl methyl sites for hydroxylation is 1. The number of benzene rings is 1. The van der Waals surface area contributed by atoms with Gasteiger partial charge in [0.2, 0.25) is 0 Å². The van der Waals surface area contributed by atoms with Crippen molar-refractivity contribution in [1.29, 1.82) is 0 Å². The van der Waals surface area contributed by atoms with Crippen LogP contribution in [0.1, 0.15) is 11.1 Å². The van der Waals surface area contributed by atoms with Crippen LogP contribution in [-0.4, -0.2) is 10.1 Å². The van der Waals surface area contributed by atoms with Crippen LogP contribution in [0.25, 0.3) is 0 Å². The molecule has 0 spiro atoms. The molecule has 18 heavy (non-hydrogen) atoms. The van der Waals surface area contributed by atoms with E-state index < -0.39 is 0 Å². The fraction of sp³-hybridized carbons (Fsp3) is 0.154. The predicted octanol–water partition coefficient (Wildman–Crippen LogP) is 4.34. The maximum Gasteiger partial charge on any atom is 0.104 e. The van der Waals surface area contributed by atoms with Crippen molar-refractivity contribution in [3.8, 4) is 0 Å². The van der Waals surface area contributed by atoms with Gasteiger partial charge >= 0.3 is 0 Å². The van der Waals surface area contributed by atoms with Crippen LogP contribution >= 0.6 is 35.0 Å². The first-order valence-electron chi connectivity index (χ1n) is 5.29. The molecule has 0 unspecified atom stereocenters. The summed E-state index contributed by atoms with van der Waals surface area (Å²) in [7, 11) is 0. The number of halogens is 2. The third kappa shape index (κ3) is 3.18. The summed E-state index contributed by atoms with van der Waals surface area (Å²) in [6, 6.07) is 7.41. The Kier molecular flexibility index (Phi) is 4.51. The van der Waals surface area contributed by atoms with Gasteiger partial charge < -0.3 is 5.11 Å². The maximum atomic E-state index is 9.03. The quantitative estimate of drug-likeness (QED) is 0.915. The van der Waals surface area contributed by atoms with E-state index in [-0.39, 0.29) is 6.61 Å². The highest BCUT2D eigenvalue weighted by molar-refractivity contribution is 7.99. The summed E-state index contributed by atoms with van der Waals surface area (Å²) in [6.07, 6.45) is 1.67. The third-order valence-corrected chi connectivity index (χ3v) is 4.22. The maximum absolute atomic E-state index is 9.03. The van der Waals surface area contributed by atoms with Gasteiger partial charge in [0.05, 0.1) is 16.7 Å². The lowest BCUT2D eigenvalue weighted by Crippen LogP contribution is -1.90. The molecule has 0 saturated heterocycles. The predicted molar refractivity (Wildman–Crippen MR) is 75.5 cm³/mol. The van der Waals surface area contributed by atoms with Gasteiger partial charge in [-0.3, -0.25) is 0 Å². The number of hydrogen-bond acceptors (Lipinski definition) is 3. The normalized spacial score (nSPS) is 10.7. The van der Waals surface area contributed by atoms with Gasteiger partial charge in [-0.05, 0) is 42.3 Å². The van der Waals surface area contributed by atoms with E-state index in [0.717, 1.165) is 21.0 Å². The zero-order chi connectivity index (χ0) is 13.1. The van der Waals surface area contributed by atoms with Crippen molar-refractivity contribution < 1.29 is 5.11 Å². The van der Waals surface area contributed by atoms with E-state index in [4.69, 9.17) is 28.3 Å². The van der Waals surface area contributed by atoms with Crippen molar-refractivity contribution in [2.45, 2.75) is 23.5 Å². The van der Waals surface area contributed by atoms with E-state index in [1.54, 1.807) is 12.3 Å². The van der Waals surface area contributed by atoms with Crippen LogP contribution < -0.4 is 0 Å². The topological polar surface area (TPSA) is 33.1 Å². The lowest BCUT2D eigenvalue weighted by atomic mass is 10.2. The Labute approximate surface area is 120 Å². The van der Waals surface area contributed by atoms with Crippen molar-refractivity contribution in [2.24, 2.45) is 0 Å². The van der Waals surface area contributed by atoms with Gasteiger partial charge in [0.1, 0.15) is 5.03 Å². The number of rotatable bonds is 3. The first-order chi connectivity index (χ1) is 8.60. The number of pyridine rings is 1. The van der Waals surface area contributed by atoms with E-state index in [1.807, 2.05) is 25.1 Å². The Morgan fingerprint density at radius 1 is 1.22 bits per heavy atom. The van der Waals surface area contributed by atoms with Crippen LogP contribution in [0.15, 0.2) is 40.4 Å². The van der Waals surface area contributed by atoms with E-state index in [9.17, 15) is 0 Å².